The molecule has 0 spiro atoms. The van der Waals surface area contributed by atoms with E-state index in [0.29, 0.717) is 36.8 Å². The summed E-state index contributed by atoms with van der Waals surface area (Å²) < 4.78 is 18.0. The van der Waals surface area contributed by atoms with Crippen LogP contribution in [-0.2, 0) is 16.0 Å². The Morgan fingerprint density at radius 3 is 2.74 bits per heavy atom. The number of thiophene rings is 1. The second kappa shape index (κ2) is 11.3. The van der Waals surface area contributed by atoms with Crippen LogP contribution in [0.15, 0.2) is 46.7 Å². The normalized spacial score (nSPS) is 14.1. The number of aromatic nitrogens is 1. The number of hydrogen-bond donors (Lipinski definition) is 1. The molecule has 3 aromatic rings. The molecular formula is C26H28N2O6S. The van der Waals surface area contributed by atoms with E-state index in [0.717, 1.165) is 41.7 Å². The Bertz CT molecular complexity index is 1250. The smallest absolute Gasteiger partial charge is 0.351 e. The fraction of sp³-hybridized carbons (Fsp3) is 0.346. The molecule has 1 unspecified atom stereocenters. The highest BCUT2D eigenvalue weighted by Crippen LogP contribution is 2.43. The van der Waals surface area contributed by atoms with Crippen molar-refractivity contribution in [3.8, 4) is 22.8 Å². The van der Waals surface area contributed by atoms with Gasteiger partial charge in [0.2, 0.25) is 0 Å². The minimum absolute atomic E-state index is 0.0303. The molecule has 1 aromatic carbocycles. The van der Waals surface area contributed by atoms with Crippen molar-refractivity contribution in [3.05, 3.63) is 68.1 Å². The standard InChI is InChI=1S/C26H28N2O6S/c1-32-23-13-18-17(12-24(23)33-9-5-3-2-4-8-27)11-21(25-7-6-10-35-25)28-15-19(26(31)34-16-29)22(30)14-20(18)28/h6-7,10,12-16,21H,2-5,8-9,11,27H2,1H3. The molecular weight excluding hydrogens is 468 g/mol. The largest absolute Gasteiger partial charge is 0.493 e. The van der Waals surface area contributed by atoms with Crippen LogP contribution in [0.2, 0.25) is 0 Å². The first-order chi connectivity index (χ1) is 17.1. The molecule has 0 aliphatic carbocycles. The lowest BCUT2D eigenvalue weighted by Crippen LogP contribution is -2.26. The molecule has 0 amide bonds. The molecule has 35 heavy (non-hydrogen) atoms. The van der Waals surface area contributed by atoms with E-state index in [9.17, 15) is 14.4 Å². The molecule has 2 aromatic heterocycles. The van der Waals surface area contributed by atoms with Crippen molar-refractivity contribution in [1.82, 2.24) is 4.57 Å². The molecule has 0 radical (unpaired) electrons. The van der Waals surface area contributed by atoms with Gasteiger partial charge >= 0.3 is 12.4 Å². The minimum Gasteiger partial charge on any atom is -0.493 e. The molecule has 0 saturated heterocycles. The highest BCUT2D eigenvalue weighted by atomic mass is 32.1. The van der Waals surface area contributed by atoms with Gasteiger partial charge in [-0.3, -0.25) is 9.59 Å². The highest BCUT2D eigenvalue weighted by Gasteiger charge is 2.29. The summed E-state index contributed by atoms with van der Waals surface area (Å²) >= 11 is 1.60. The lowest BCUT2D eigenvalue weighted by atomic mass is 9.91. The zero-order valence-electron chi connectivity index (χ0n) is 19.5. The maximum absolute atomic E-state index is 12.8. The van der Waals surface area contributed by atoms with Gasteiger partial charge in [0.25, 0.3) is 0 Å². The predicted molar refractivity (Wildman–Crippen MR) is 133 cm³/mol. The van der Waals surface area contributed by atoms with Crippen molar-refractivity contribution in [3.63, 3.8) is 0 Å². The van der Waals surface area contributed by atoms with Crippen LogP contribution in [-0.4, -0.2) is 37.3 Å². The summed E-state index contributed by atoms with van der Waals surface area (Å²) in [7, 11) is 1.58. The molecule has 8 nitrogen and oxygen atoms in total. The fourth-order valence-electron chi connectivity index (χ4n) is 4.37. The molecule has 0 fully saturated rings. The van der Waals surface area contributed by atoms with Crippen LogP contribution in [0.3, 0.4) is 0 Å². The van der Waals surface area contributed by atoms with Crippen LogP contribution in [0.5, 0.6) is 11.5 Å². The number of hydrogen-bond acceptors (Lipinski definition) is 8. The fourth-order valence-corrected chi connectivity index (χ4v) is 5.20. The third kappa shape index (κ3) is 5.31. The Labute approximate surface area is 207 Å². The second-order valence-corrected chi connectivity index (χ2v) is 9.27. The third-order valence-corrected chi connectivity index (χ3v) is 7.07. The van der Waals surface area contributed by atoms with E-state index in [1.54, 1.807) is 18.4 Å². The zero-order chi connectivity index (χ0) is 24.8. The molecule has 1 atom stereocenters. The average molecular weight is 497 g/mol. The second-order valence-electron chi connectivity index (χ2n) is 8.29. The summed E-state index contributed by atoms with van der Waals surface area (Å²) in [5.74, 6) is 0.268. The summed E-state index contributed by atoms with van der Waals surface area (Å²) in [5.41, 5.74) is 7.36. The summed E-state index contributed by atoms with van der Waals surface area (Å²) in [5, 5.41) is 1.99. The highest BCUT2D eigenvalue weighted by molar-refractivity contribution is 7.10. The summed E-state index contributed by atoms with van der Waals surface area (Å²) in [6, 6.07) is 9.12. The van der Waals surface area contributed by atoms with E-state index in [1.807, 2.05) is 34.2 Å². The number of esters is 1. The van der Waals surface area contributed by atoms with E-state index in [-0.39, 0.29) is 18.1 Å². The van der Waals surface area contributed by atoms with Crippen molar-refractivity contribution in [2.45, 2.75) is 38.1 Å². The number of unbranched alkanes of at least 4 members (excludes halogenated alkanes) is 3. The molecule has 184 valence electrons. The molecule has 0 bridgehead atoms. The predicted octanol–water partition coefficient (Wildman–Crippen LogP) is 3.94. The van der Waals surface area contributed by atoms with E-state index < -0.39 is 11.4 Å². The van der Waals surface area contributed by atoms with Crippen molar-refractivity contribution in [1.29, 1.82) is 0 Å². The summed E-state index contributed by atoms with van der Waals surface area (Å²) in [6.07, 6.45) is 6.18. The minimum atomic E-state index is -0.969. The van der Waals surface area contributed by atoms with Crippen LogP contribution in [0.4, 0.5) is 0 Å². The number of fused-ring (bicyclic) bond motifs is 3. The molecule has 2 N–H and O–H groups in total. The molecule has 1 aliphatic rings. The number of rotatable bonds is 11. The van der Waals surface area contributed by atoms with Crippen LogP contribution in [0.25, 0.3) is 11.3 Å². The average Bonchev–Trinajstić information content (AvgIpc) is 3.40. The summed E-state index contributed by atoms with van der Waals surface area (Å²) in [4.78, 5) is 36.7. The molecule has 4 rings (SSSR count). The Kier molecular flexibility index (Phi) is 7.99. The number of carbonyl (C=O) groups is 2. The van der Waals surface area contributed by atoms with Gasteiger partial charge in [0.05, 0.1) is 25.5 Å². The van der Waals surface area contributed by atoms with E-state index in [1.165, 1.54) is 12.3 Å². The van der Waals surface area contributed by atoms with Gasteiger partial charge in [-0.2, -0.15) is 0 Å². The first-order valence-electron chi connectivity index (χ1n) is 11.6. The van der Waals surface area contributed by atoms with E-state index in [2.05, 4.69) is 4.74 Å². The maximum atomic E-state index is 12.8. The Balaban J connectivity index is 1.73. The Hall–Kier alpha value is -3.43. The van der Waals surface area contributed by atoms with Gasteiger partial charge in [0.1, 0.15) is 5.56 Å². The van der Waals surface area contributed by atoms with Gasteiger partial charge in [-0.25, -0.2) is 4.79 Å². The van der Waals surface area contributed by atoms with Crippen LogP contribution >= 0.6 is 11.3 Å². The zero-order valence-corrected chi connectivity index (χ0v) is 20.3. The third-order valence-electron chi connectivity index (χ3n) is 6.10. The topological polar surface area (TPSA) is 110 Å². The first kappa shape index (κ1) is 24.7. The Morgan fingerprint density at radius 2 is 2.03 bits per heavy atom. The van der Waals surface area contributed by atoms with Gasteiger partial charge in [-0.05, 0) is 54.9 Å². The maximum Gasteiger partial charge on any atom is 0.351 e. The number of ether oxygens (including phenoxy) is 3. The number of carbonyl (C=O) groups excluding carboxylic acids is 2. The molecule has 0 saturated carbocycles. The van der Waals surface area contributed by atoms with Crippen LogP contribution in [0.1, 0.15) is 52.5 Å². The number of methoxy groups -OCH3 is 1. The molecule has 1 aliphatic heterocycles. The van der Waals surface area contributed by atoms with Crippen molar-refractivity contribution in [2.75, 3.05) is 20.3 Å². The molecule has 9 heteroatoms. The summed E-state index contributed by atoms with van der Waals surface area (Å²) in [6.45, 7) is 1.31. The van der Waals surface area contributed by atoms with Crippen LogP contribution in [0, 0.1) is 0 Å². The molecule has 3 heterocycles. The number of benzene rings is 1. The van der Waals surface area contributed by atoms with Gasteiger partial charge in [0.15, 0.2) is 16.9 Å². The van der Waals surface area contributed by atoms with E-state index in [4.69, 9.17) is 15.2 Å². The first-order valence-corrected chi connectivity index (χ1v) is 12.4. The lowest BCUT2D eigenvalue weighted by molar-refractivity contribution is -0.123. The van der Waals surface area contributed by atoms with Crippen molar-refractivity contribution < 1.29 is 23.8 Å². The Morgan fingerprint density at radius 1 is 1.20 bits per heavy atom. The van der Waals surface area contributed by atoms with Gasteiger partial charge in [-0.1, -0.05) is 18.9 Å². The quantitative estimate of drug-likeness (QED) is 0.185. The lowest BCUT2D eigenvalue weighted by Gasteiger charge is -2.31. The van der Waals surface area contributed by atoms with Crippen molar-refractivity contribution >= 4 is 23.8 Å². The number of nitrogens with zero attached hydrogens (tertiary/aromatic N) is 1. The van der Waals surface area contributed by atoms with Crippen molar-refractivity contribution in [2.24, 2.45) is 5.73 Å². The monoisotopic (exact) mass is 496 g/mol. The van der Waals surface area contributed by atoms with Gasteiger partial charge in [0, 0.05) is 22.7 Å². The van der Waals surface area contributed by atoms with Crippen LogP contribution < -0.4 is 20.6 Å². The van der Waals surface area contributed by atoms with Gasteiger partial charge in [-0.15, -0.1) is 11.3 Å². The van der Waals surface area contributed by atoms with Gasteiger partial charge < -0.3 is 24.5 Å². The number of nitrogens with two attached hydrogens (primary N) is 1. The SMILES string of the molecule is COc1cc2c(cc1OCCCCCCN)CC(c1cccs1)n1cc(C(=O)OC=O)c(=O)cc1-2. The number of pyridine rings is 1. The van der Waals surface area contributed by atoms with E-state index >= 15 is 0 Å².